The van der Waals surface area contributed by atoms with E-state index in [1.807, 2.05) is 49.4 Å². The normalized spacial score (nSPS) is 21.2. The molecule has 1 amide bonds. The van der Waals surface area contributed by atoms with Crippen LogP contribution in [-0.4, -0.2) is 18.5 Å². The highest BCUT2D eigenvalue weighted by Crippen LogP contribution is 2.60. The molecular formula is C22H21NO4. The average molecular weight is 363 g/mol. The van der Waals surface area contributed by atoms with Gasteiger partial charge in [0.15, 0.2) is 0 Å². The number of rotatable bonds is 5. The van der Waals surface area contributed by atoms with E-state index < -0.39 is 11.4 Å². The van der Waals surface area contributed by atoms with Gasteiger partial charge >= 0.3 is 5.97 Å². The van der Waals surface area contributed by atoms with Crippen LogP contribution in [0.3, 0.4) is 0 Å². The van der Waals surface area contributed by atoms with Gasteiger partial charge in [0.25, 0.3) is 0 Å². The van der Waals surface area contributed by atoms with Gasteiger partial charge in [0, 0.05) is 16.9 Å². The number of primary amides is 1. The first-order chi connectivity index (χ1) is 13.0. The lowest BCUT2D eigenvalue weighted by molar-refractivity contribution is -0.120. The second-order valence-corrected chi connectivity index (χ2v) is 6.99. The average Bonchev–Trinajstić information content (AvgIpc) is 3.36. The topological polar surface area (TPSA) is 82.5 Å². The molecule has 1 aliphatic rings. The summed E-state index contributed by atoms with van der Waals surface area (Å²) in [6.07, 6.45) is 0.680. The molecule has 0 radical (unpaired) electrons. The van der Waals surface area contributed by atoms with E-state index in [1.54, 1.807) is 13.0 Å². The van der Waals surface area contributed by atoms with Crippen molar-refractivity contribution in [1.82, 2.24) is 0 Å². The molecule has 0 bridgehead atoms. The Labute approximate surface area is 157 Å². The highest BCUT2D eigenvalue weighted by molar-refractivity contribution is 5.98. The number of furan rings is 1. The molecule has 5 nitrogen and oxygen atoms in total. The van der Waals surface area contributed by atoms with Gasteiger partial charge in [-0.1, -0.05) is 36.4 Å². The second kappa shape index (κ2) is 6.27. The quantitative estimate of drug-likeness (QED) is 0.699. The minimum absolute atomic E-state index is 0.0605. The number of nitrogens with two attached hydrogens (primary N) is 1. The Morgan fingerprint density at radius 3 is 2.63 bits per heavy atom. The van der Waals surface area contributed by atoms with E-state index >= 15 is 0 Å². The predicted octanol–water partition coefficient (Wildman–Crippen LogP) is 3.83. The summed E-state index contributed by atoms with van der Waals surface area (Å²) in [6, 6.07) is 15.5. The second-order valence-electron chi connectivity index (χ2n) is 6.99. The summed E-state index contributed by atoms with van der Waals surface area (Å²) in [4.78, 5) is 24.5. The Kier molecular flexibility index (Phi) is 4.02. The molecule has 2 atom stereocenters. The van der Waals surface area contributed by atoms with Crippen molar-refractivity contribution in [2.45, 2.75) is 31.6 Å². The monoisotopic (exact) mass is 363 g/mol. The van der Waals surface area contributed by atoms with E-state index in [2.05, 4.69) is 0 Å². The van der Waals surface area contributed by atoms with E-state index in [0.29, 0.717) is 17.6 Å². The van der Waals surface area contributed by atoms with E-state index in [1.165, 1.54) is 0 Å². The van der Waals surface area contributed by atoms with Gasteiger partial charge in [0.2, 0.25) is 11.7 Å². The molecule has 0 saturated heterocycles. The smallest absolute Gasteiger partial charge is 0.374 e. The van der Waals surface area contributed by atoms with Crippen molar-refractivity contribution in [3.05, 3.63) is 71.0 Å². The van der Waals surface area contributed by atoms with Crippen molar-refractivity contribution in [1.29, 1.82) is 0 Å². The van der Waals surface area contributed by atoms with Gasteiger partial charge in [0.1, 0.15) is 5.58 Å². The molecule has 3 aromatic rings. The third kappa shape index (κ3) is 2.62. The third-order valence-electron chi connectivity index (χ3n) is 5.51. The number of aryl methyl sites for hydroxylation is 1. The Balaban J connectivity index is 1.78. The fourth-order valence-corrected chi connectivity index (χ4v) is 3.97. The zero-order valence-electron chi connectivity index (χ0n) is 15.3. The molecule has 0 unspecified atom stereocenters. The molecule has 1 fully saturated rings. The number of amides is 1. The van der Waals surface area contributed by atoms with Gasteiger partial charge in [-0.05, 0) is 43.5 Å². The molecule has 1 aromatic heterocycles. The van der Waals surface area contributed by atoms with Gasteiger partial charge in [-0.2, -0.15) is 0 Å². The van der Waals surface area contributed by atoms with Gasteiger partial charge in [-0.15, -0.1) is 0 Å². The van der Waals surface area contributed by atoms with Gasteiger partial charge in [0.05, 0.1) is 12.0 Å². The van der Waals surface area contributed by atoms with E-state index in [0.717, 1.165) is 16.5 Å². The lowest BCUT2D eigenvalue weighted by atomic mass is 9.89. The Morgan fingerprint density at radius 2 is 1.96 bits per heavy atom. The first-order valence-corrected chi connectivity index (χ1v) is 9.04. The maximum absolute atomic E-state index is 12.4. The number of hydrogen-bond acceptors (Lipinski definition) is 4. The van der Waals surface area contributed by atoms with Crippen LogP contribution >= 0.6 is 0 Å². The summed E-state index contributed by atoms with van der Waals surface area (Å²) >= 11 is 0. The molecule has 0 aliphatic heterocycles. The molecule has 138 valence electrons. The molecule has 2 aromatic carbocycles. The molecule has 4 rings (SSSR count). The minimum atomic E-state index is -0.719. The van der Waals surface area contributed by atoms with E-state index in [-0.39, 0.29) is 24.2 Å². The molecule has 5 heteroatoms. The third-order valence-corrected chi connectivity index (χ3v) is 5.51. The maximum Gasteiger partial charge on any atom is 0.374 e. The molecular weight excluding hydrogens is 342 g/mol. The van der Waals surface area contributed by atoms with Crippen molar-refractivity contribution in [2.75, 3.05) is 6.61 Å². The van der Waals surface area contributed by atoms with E-state index in [9.17, 15) is 9.59 Å². The summed E-state index contributed by atoms with van der Waals surface area (Å²) in [5.41, 5.74) is 8.38. The number of ether oxygens (including phenoxy) is 1. The number of esters is 1. The summed E-state index contributed by atoms with van der Waals surface area (Å²) in [6.45, 7) is 3.85. The molecule has 0 spiro atoms. The first-order valence-electron chi connectivity index (χ1n) is 9.04. The zero-order chi connectivity index (χ0) is 19.2. The number of carbonyl (C=O) groups excluding carboxylic acids is 2. The van der Waals surface area contributed by atoms with Crippen LogP contribution in [0.1, 0.15) is 46.5 Å². The van der Waals surface area contributed by atoms with Gasteiger partial charge in [-0.3, -0.25) is 4.79 Å². The fourth-order valence-electron chi connectivity index (χ4n) is 3.97. The van der Waals surface area contributed by atoms with Crippen molar-refractivity contribution < 1.29 is 18.7 Å². The summed E-state index contributed by atoms with van der Waals surface area (Å²) in [5, 5.41) is 0.801. The van der Waals surface area contributed by atoms with Crippen LogP contribution in [-0.2, 0) is 14.9 Å². The van der Waals surface area contributed by atoms with Crippen LogP contribution < -0.4 is 5.73 Å². The van der Waals surface area contributed by atoms with Gasteiger partial charge in [-0.25, -0.2) is 4.79 Å². The highest BCUT2D eigenvalue weighted by atomic mass is 16.5. The Morgan fingerprint density at radius 1 is 1.22 bits per heavy atom. The van der Waals surface area contributed by atoms with Crippen LogP contribution in [0.5, 0.6) is 0 Å². The van der Waals surface area contributed by atoms with Crippen LogP contribution in [0.4, 0.5) is 0 Å². The molecule has 2 N–H and O–H groups in total. The number of fused-ring (bicyclic) bond motifs is 1. The Hall–Kier alpha value is -3.08. The lowest BCUT2D eigenvalue weighted by Crippen LogP contribution is -2.30. The largest absolute Gasteiger partial charge is 0.460 e. The number of hydrogen-bond donors (Lipinski definition) is 1. The SMILES string of the molecule is CCOC(=O)c1oc2ccc([C@]3(C(N)=O)C[C@@H]3c3ccccc3)cc2c1C. The summed E-state index contributed by atoms with van der Waals surface area (Å²) in [7, 11) is 0. The van der Waals surface area contributed by atoms with Crippen LogP contribution in [0.15, 0.2) is 52.9 Å². The fraction of sp³-hybridized carbons (Fsp3) is 0.273. The van der Waals surface area contributed by atoms with E-state index in [4.69, 9.17) is 14.9 Å². The number of benzene rings is 2. The highest BCUT2D eigenvalue weighted by Gasteiger charge is 2.60. The van der Waals surface area contributed by atoms with Crippen LogP contribution in [0.2, 0.25) is 0 Å². The minimum Gasteiger partial charge on any atom is -0.460 e. The number of carbonyl (C=O) groups is 2. The van der Waals surface area contributed by atoms with Crippen molar-refractivity contribution in [3.63, 3.8) is 0 Å². The molecule has 27 heavy (non-hydrogen) atoms. The molecule has 1 saturated carbocycles. The van der Waals surface area contributed by atoms with Crippen molar-refractivity contribution in [2.24, 2.45) is 5.73 Å². The van der Waals surface area contributed by atoms with Crippen LogP contribution in [0, 0.1) is 6.92 Å². The van der Waals surface area contributed by atoms with Gasteiger partial charge < -0.3 is 14.9 Å². The summed E-state index contributed by atoms with van der Waals surface area (Å²) < 4.78 is 10.7. The van der Waals surface area contributed by atoms with Crippen molar-refractivity contribution >= 4 is 22.8 Å². The van der Waals surface area contributed by atoms with Crippen molar-refractivity contribution in [3.8, 4) is 0 Å². The predicted molar refractivity (Wildman–Crippen MR) is 102 cm³/mol. The zero-order valence-corrected chi connectivity index (χ0v) is 15.3. The first kappa shape index (κ1) is 17.3. The lowest BCUT2D eigenvalue weighted by Gasteiger charge is -2.14. The maximum atomic E-state index is 12.4. The molecule has 1 aliphatic carbocycles. The summed E-state index contributed by atoms with van der Waals surface area (Å²) in [5.74, 6) is -0.550. The molecule has 1 heterocycles. The van der Waals surface area contributed by atoms with Crippen LogP contribution in [0.25, 0.3) is 11.0 Å². The standard InChI is InChI=1S/C22H21NO4/c1-3-26-20(24)19-13(2)16-11-15(9-10-18(16)27-19)22(21(23)25)12-17(22)14-7-5-4-6-8-14/h4-11,17H,3,12H2,1-2H3,(H2,23,25)/t17-,22-/m1/s1. The Bertz CT molecular complexity index is 1040.